The number of nitrogens with zero attached hydrogens (tertiary/aromatic N) is 2. The molecule has 1 aromatic heterocycles. The number of benzene rings is 2. The maximum atomic E-state index is 12.9. The quantitative estimate of drug-likeness (QED) is 0.564. The number of hydrogen-bond acceptors (Lipinski definition) is 6. The van der Waals surface area contributed by atoms with Crippen molar-refractivity contribution in [2.24, 2.45) is 5.92 Å². The van der Waals surface area contributed by atoms with Crippen LogP contribution in [0.3, 0.4) is 0 Å². The molecule has 6 nitrogen and oxygen atoms in total. The van der Waals surface area contributed by atoms with E-state index in [0.717, 1.165) is 40.5 Å². The fourth-order valence-electron chi connectivity index (χ4n) is 3.66. The largest absolute Gasteiger partial charge is 0.495 e. The number of piperidine rings is 1. The topological polar surface area (TPSA) is 63.7 Å². The summed E-state index contributed by atoms with van der Waals surface area (Å²) in [4.78, 5) is 19.9. The molecule has 2 heterocycles. The maximum Gasteiger partial charge on any atom is 0.229 e. The van der Waals surface area contributed by atoms with E-state index < -0.39 is 0 Å². The molecule has 8 heteroatoms. The number of hydrogen-bond donors (Lipinski definition) is 1. The molecule has 4 rings (SSSR count). The number of thiazole rings is 1. The minimum atomic E-state index is -0.131. The minimum absolute atomic E-state index is 0.0278. The normalized spacial score (nSPS) is 16.5. The van der Waals surface area contributed by atoms with Crippen LogP contribution in [-0.2, 0) is 4.79 Å². The van der Waals surface area contributed by atoms with E-state index in [4.69, 9.17) is 26.1 Å². The van der Waals surface area contributed by atoms with Crippen molar-refractivity contribution < 1.29 is 14.3 Å². The molecule has 1 saturated heterocycles. The van der Waals surface area contributed by atoms with E-state index in [-0.39, 0.29) is 11.8 Å². The summed E-state index contributed by atoms with van der Waals surface area (Å²) in [6, 6.07) is 11.2. The van der Waals surface area contributed by atoms with Gasteiger partial charge in [0.25, 0.3) is 0 Å². The zero-order valence-electron chi connectivity index (χ0n) is 17.0. The summed E-state index contributed by atoms with van der Waals surface area (Å²) in [6.07, 6.45) is 1.77. The third-order valence-corrected chi connectivity index (χ3v) is 6.46. The number of rotatable bonds is 6. The van der Waals surface area contributed by atoms with Gasteiger partial charge in [0.15, 0.2) is 5.13 Å². The Morgan fingerprint density at radius 2 is 2.20 bits per heavy atom. The number of anilines is 2. The van der Waals surface area contributed by atoms with Gasteiger partial charge in [0.2, 0.25) is 5.91 Å². The van der Waals surface area contributed by atoms with Crippen LogP contribution in [-0.4, -0.2) is 37.7 Å². The summed E-state index contributed by atoms with van der Waals surface area (Å²) in [5.74, 6) is 1.29. The average Bonchev–Trinajstić information content (AvgIpc) is 3.18. The highest BCUT2D eigenvalue weighted by Crippen LogP contribution is 2.34. The van der Waals surface area contributed by atoms with Gasteiger partial charge in [0.1, 0.15) is 11.5 Å². The van der Waals surface area contributed by atoms with Gasteiger partial charge in [-0.25, -0.2) is 4.98 Å². The van der Waals surface area contributed by atoms with Gasteiger partial charge in [-0.2, -0.15) is 0 Å². The third kappa shape index (κ3) is 4.47. The van der Waals surface area contributed by atoms with Crippen molar-refractivity contribution >= 4 is 49.9 Å². The molecule has 1 N–H and O–H groups in total. The monoisotopic (exact) mass is 445 g/mol. The molecule has 30 heavy (non-hydrogen) atoms. The van der Waals surface area contributed by atoms with E-state index in [2.05, 4.69) is 10.2 Å². The SMILES string of the molecule is CCOc1ccc2nc(N3CCCC(C(=O)Nc4cc(Cl)ccc4OC)C3)sc2c1. The van der Waals surface area contributed by atoms with Gasteiger partial charge >= 0.3 is 0 Å². The molecule has 3 aromatic rings. The van der Waals surface area contributed by atoms with Gasteiger partial charge in [-0.3, -0.25) is 4.79 Å². The molecule has 0 saturated carbocycles. The highest BCUT2D eigenvalue weighted by Gasteiger charge is 2.28. The lowest BCUT2D eigenvalue weighted by atomic mass is 9.97. The number of carbonyl (C=O) groups excluding carboxylic acids is 1. The first kappa shape index (κ1) is 20.8. The van der Waals surface area contributed by atoms with Crippen LogP contribution < -0.4 is 19.7 Å². The van der Waals surface area contributed by atoms with Crippen molar-refractivity contribution in [1.29, 1.82) is 0 Å². The molecule has 0 aliphatic carbocycles. The van der Waals surface area contributed by atoms with Crippen molar-refractivity contribution in [1.82, 2.24) is 4.98 Å². The number of fused-ring (bicyclic) bond motifs is 1. The van der Waals surface area contributed by atoms with Gasteiger partial charge < -0.3 is 19.7 Å². The van der Waals surface area contributed by atoms with Crippen LogP contribution in [0.1, 0.15) is 19.8 Å². The first-order valence-corrected chi connectivity index (χ1v) is 11.2. The van der Waals surface area contributed by atoms with Gasteiger partial charge in [0.05, 0.1) is 35.5 Å². The van der Waals surface area contributed by atoms with Gasteiger partial charge in [-0.15, -0.1) is 0 Å². The fourth-order valence-corrected chi connectivity index (χ4v) is 4.86. The minimum Gasteiger partial charge on any atom is -0.495 e. The van der Waals surface area contributed by atoms with Crippen molar-refractivity contribution in [3.8, 4) is 11.5 Å². The standard InChI is InChI=1S/C22H24ClN3O3S/c1-3-29-16-7-8-17-20(12-16)30-22(25-17)26-10-4-5-14(13-26)21(27)24-18-11-15(23)6-9-19(18)28-2/h6-9,11-12,14H,3-5,10,13H2,1-2H3,(H,24,27). The van der Waals surface area contributed by atoms with Crippen molar-refractivity contribution in [3.63, 3.8) is 0 Å². The lowest BCUT2D eigenvalue weighted by Crippen LogP contribution is -2.40. The zero-order chi connectivity index (χ0) is 21.1. The molecule has 1 aliphatic heterocycles. The number of halogens is 1. The second kappa shape index (κ2) is 9.10. The van der Waals surface area contributed by atoms with Crippen LogP contribution in [0.25, 0.3) is 10.2 Å². The Labute approximate surface area is 184 Å². The molecule has 1 amide bonds. The molecular formula is C22H24ClN3O3S. The Kier molecular flexibility index (Phi) is 6.29. The summed E-state index contributed by atoms with van der Waals surface area (Å²) in [5, 5.41) is 4.48. The summed E-state index contributed by atoms with van der Waals surface area (Å²) in [7, 11) is 1.57. The second-order valence-corrected chi connectivity index (χ2v) is 8.62. The Balaban J connectivity index is 1.48. The van der Waals surface area contributed by atoms with Crippen molar-refractivity contribution in [2.75, 3.05) is 37.0 Å². The van der Waals surface area contributed by atoms with Crippen LogP contribution >= 0.6 is 22.9 Å². The van der Waals surface area contributed by atoms with Crippen molar-refractivity contribution in [3.05, 3.63) is 41.4 Å². The third-order valence-electron chi connectivity index (χ3n) is 5.14. The zero-order valence-corrected chi connectivity index (χ0v) is 18.6. The van der Waals surface area contributed by atoms with Gasteiger partial charge in [0, 0.05) is 18.1 Å². The Bertz CT molecular complexity index is 1060. The smallest absolute Gasteiger partial charge is 0.229 e. The highest BCUT2D eigenvalue weighted by atomic mass is 35.5. The molecule has 1 fully saturated rings. The number of carbonyl (C=O) groups is 1. The number of methoxy groups -OCH3 is 1. The van der Waals surface area contributed by atoms with Crippen molar-refractivity contribution in [2.45, 2.75) is 19.8 Å². The summed E-state index contributed by atoms with van der Waals surface area (Å²) < 4.78 is 12.0. The molecule has 0 spiro atoms. The number of ether oxygens (including phenoxy) is 2. The molecular weight excluding hydrogens is 422 g/mol. The van der Waals surface area contributed by atoms with Crippen LogP contribution in [0, 0.1) is 5.92 Å². The lowest BCUT2D eigenvalue weighted by molar-refractivity contribution is -0.120. The highest BCUT2D eigenvalue weighted by molar-refractivity contribution is 7.22. The van der Waals surface area contributed by atoms with Crippen LogP contribution in [0.4, 0.5) is 10.8 Å². The Hall–Kier alpha value is -2.51. The Morgan fingerprint density at radius 1 is 1.33 bits per heavy atom. The van der Waals surface area contributed by atoms with E-state index in [1.165, 1.54) is 0 Å². The van der Waals surface area contributed by atoms with E-state index in [1.807, 2.05) is 25.1 Å². The molecule has 1 unspecified atom stereocenters. The van der Waals surface area contributed by atoms with E-state index in [0.29, 0.717) is 29.6 Å². The predicted octanol–water partition coefficient (Wildman–Crippen LogP) is 5.21. The van der Waals surface area contributed by atoms with Gasteiger partial charge in [-0.05, 0) is 56.2 Å². The lowest BCUT2D eigenvalue weighted by Gasteiger charge is -2.31. The fraction of sp³-hybridized carbons (Fsp3) is 0.364. The van der Waals surface area contributed by atoms with E-state index in [1.54, 1.807) is 36.6 Å². The summed E-state index contributed by atoms with van der Waals surface area (Å²) in [6.45, 7) is 4.13. The second-order valence-electron chi connectivity index (χ2n) is 7.18. The van der Waals surface area contributed by atoms with Crippen LogP contribution in [0.5, 0.6) is 11.5 Å². The first-order valence-electron chi connectivity index (χ1n) is 10.00. The predicted molar refractivity (Wildman–Crippen MR) is 122 cm³/mol. The van der Waals surface area contributed by atoms with E-state index in [9.17, 15) is 4.79 Å². The molecule has 0 bridgehead atoms. The maximum absolute atomic E-state index is 12.9. The Morgan fingerprint density at radius 3 is 3.00 bits per heavy atom. The number of nitrogens with one attached hydrogen (secondary N) is 1. The average molecular weight is 446 g/mol. The molecule has 1 aliphatic rings. The molecule has 1 atom stereocenters. The summed E-state index contributed by atoms with van der Waals surface area (Å²) >= 11 is 7.72. The van der Waals surface area contributed by atoms with Crippen LogP contribution in [0.15, 0.2) is 36.4 Å². The number of amides is 1. The molecule has 2 aromatic carbocycles. The number of aromatic nitrogens is 1. The summed E-state index contributed by atoms with van der Waals surface area (Å²) in [5.41, 5.74) is 1.55. The molecule has 0 radical (unpaired) electrons. The van der Waals surface area contributed by atoms with Gasteiger partial charge in [-0.1, -0.05) is 22.9 Å². The first-order chi connectivity index (χ1) is 14.6. The molecule has 158 valence electrons. The van der Waals surface area contributed by atoms with Crippen LogP contribution in [0.2, 0.25) is 5.02 Å². The van der Waals surface area contributed by atoms with E-state index >= 15 is 0 Å².